The first-order chi connectivity index (χ1) is 9.43. The fourth-order valence-corrected chi connectivity index (χ4v) is 2.36. The summed E-state index contributed by atoms with van der Waals surface area (Å²) in [6.07, 6.45) is 0.494. The van der Waals surface area contributed by atoms with Crippen LogP contribution in [0, 0.1) is 5.82 Å². The molecule has 3 N–H and O–H groups in total. The summed E-state index contributed by atoms with van der Waals surface area (Å²) in [5.74, 6) is -1.28. The van der Waals surface area contributed by atoms with Gasteiger partial charge in [0.1, 0.15) is 11.9 Å². The lowest BCUT2D eigenvalue weighted by Gasteiger charge is -2.35. The van der Waals surface area contributed by atoms with E-state index < -0.39 is 17.8 Å². The average molecular weight is 279 g/mol. The number of anilines is 1. The maximum Gasteiger partial charge on any atom is 0.249 e. The van der Waals surface area contributed by atoms with Crippen molar-refractivity contribution in [1.82, 2.24) is 5.32 Å². The second kappa shape index (κ2) is 5.58. The third-order valence-electron chi connectivity index (χ3n) is 3.45. The molecule has 0 bridgehead atoms. The van der Waals surface area contributed by atoms with E-state index in [-0.39, 0.29) is 24.2 Å². The van der Waals surface area contributed by atoms with Gasteiger partial charge in [-0.15, -0.1) is 0 Å². The van der Waals surface area contributed by atoms with Gasteiger partial charge in [-0.3, -0.25) is 14.9 Å². The number of hydrogen-bond donors (Lipinski definition) is 2. The lowest BCUT2D eigenvalue weighted by atomic mass is 10.0. The Morgan fingerprint density at radius 1 is 1.50 bits per heavy atom. The quantitative estimate of drug-likeness (QED) is 0.812. The number of rotatable bonds is 3. The molecule has 5 nitrogen and oxygen atoms in total. The van der Waals surface area contributed by atoms with E-state index in [1.54, 1.807) is 19.1 Å². The first-order valence-electron chi connectivity index (χ1n) is 6.59. The van der Waals surface area contributed by atoms with Crippen LogP contribution in [0.3, 0.4) is 0 Å². The summed E-state index contributed by atoms with van der Waals surface area (Å²) in [6, 6.07) is 3.83. The van der Waals surface area contributed by atoms with Crippen LogP contribution in [-0.2, 0) is 9.59 Å². The molecule has 2 atom stereocenters. The number of piperazine rings is 1. The molecule has 0 saturated carbocycles. The molecule has 0 spiro atoms. The van der Waals surface area contributed by atoms with Gasteiger partial charge in [0.2, 0.25) is 11.8 Å². The molecule has 0 aliphatic carbocycles. The highest BCUT2D eigenvalue weighted by atomic mass is 19.1. The van der Waals surface area contributed by atoms with E-state index in [4.69, 9.17) is 5.73 Å². The lowest BCUT2D eigenvalue weighted by molar-refractivity contribution is -0.132. The number of hydrogen-bond acceptors (Lipinski definition) is 4. The maximum absolute atomic E-state index is 14.2. The number of halogens is 1. The van der Waals surface area contributed by atoms with Gasteiger partial charge in [-0.1, -0.05) is 13.0 Å². The Hall–Kier alpha value is -1.95. The van der Waals surface area contributed by atoms with Gasteiger partial charge in [0.25, 0.3) is 0 Å². The number of imide groups is 1. The zero-order valence-corrected chi connectivity index (χ0v) is 11.5. The van der Waals surface area contributed by atoms with E-state index in [0.29, 0.717) is 12.0 Å². The van der Waals surface area contributed by atoms with Crippen LogP contribution in [-0.4, -0.2) is 24.4 Å². The summed E-state index contributed by atoms with van der Waals surface area (Å²) >= 11 is 0. The third-order valence-corrected chi connectivity index (χ3v) is 3.45. The van der Waals surface area contributed by atoms with Crippen molar-refractivity contribution in [2.75, 3.05) is 11.4 Å². The molecule has 0 radical (unpaired) electrons. The van der Waals surface area contributed by atoms with Crippen LogP contribution in [0.2, 0.25) is 0 Å². The minimum absolute atomic E-state index is 0.0291. The average Bonchev–Trinajstić information content (AvgIpc) is 2.37. The molecule has 1 saturated heterocycles. The molecule has 1 aromatic carbocycles. The van der Waals surface area contributed by atoms with Crippen LogP contribution in [0.25, 0.3) is 0 Å². The van der Waals surface area contributed by atoms with Crippen molar-refractivity contribution in [3.8, 4) is 0 Å². The van der Waals surface area contributed by atoms with Crippen LogP contribution in [0.1, 0.15) is 31.9 Å². The fourth-order valence-electron chi connectivity index (χ4n) is 2.36. The minimum atomic E-state index is -0.539. The van der Waals surface area contributed by atoms with Crippen molar-refractivity contribution < 1.29 is 14.0 Å². The van der Waals surface area contributed by atoms with Gasteiger partial charge >= 0.3 is 0 Å². The molecule has 2 rings (SSSR count). The van der Waals surface area contributed by atoms with E-state index in [1.165, 1.54) is 11.0 Å². The molecule has 20 heavy (non-hydrogen) atoms. The van der Waals surface area contributed by atoms with Crippen molar-refractivity contribution in [3.05, 3.63) is 29.6 Å². The Kier molecular flexibility index (Phi) is 4.04. The van der Waals surface area contributed by atoms with Gasteiger partial charge in [-0.25, -0.2) is 4.39 Å². The summed E-state index contributed by atoms with van der Waals surface area (Å²) in [7, 11) is 0. The molecule has 6 heteroatoms. The smallest absolute Gasteiger partial charge is 0.249 e. The molecule has 1 aromatic rings. The molecule has 2 amide bonds. The molecule has 1 unspecified atom stereocenters. The molecular weight excluding hydrogens is 261 g/mol. The topological polar surface area (TPSA) is 75.4 Å². The predicted molar refractivity (Wildman–Crippen MR) is 73.6 cm³/mol. The van der Waals surface area contributed by atoms with Crippen LogP contribution in [0.5, 0.6) is 0 Å². The van der Waals surface area contributed by atoms with Crippen LogP contribution >= 0.6 is 0 Å². The number of carbonyl (C=O) groups excluding carboxylic acids is 2. The summed E-state index contributed by atoms with van der Waals surface area (Å²) in [6.45, 7) is 3.56. The van der Waals surface area contributed by atoms with Crippen molar-refractivity contribution in [2.24, 2.45) is 5.73 Å². The van der Waals surface area contributed by atoms with E-state index in [0.717, 1.165) is 0 Å². The Morgan fingerprint density at radius 2 is 2.20 bits per heavy atom. The number of nitrogens with two attached hydrogens (primary N) is 1. The normalized spacial score (nSPS) is 20.8. The minimum Gasteiger partial charge on any atom is -0.348 e. The number of benzene rings is 1. The van der Waals surface area contributed by atoms with E-state index >= 15 is 0 Å². The summed E-state index contributed by atoms with van der Waals surface area (Å²) in [4.78, 5) is 24.8. The molecule has 1 aliphatic heterocycles. The highest BCUT2D eigenvalue weighted by molar-refractivity contribution is 6.04. The van der Waals surface area contributed by atoms with E-state index in [2.05, 4.69) is 5.32 Å². The number of nitrogens with one attached hydrogen (secondary N) is 1. The van der Waals surface area contributed by atoms with Gasteiger partial charge in [-0.2, -0.15) is 0 Å². The van der Waals surface area contributed by atoms with Gasteiger partial charge in [0.05, 0.1) is 12.2 Å². The highest BCUT2D eigenvalue weighted by Crippen LogP contribution is 2.26. The molecule has 0 aromatic heterocycles. The fraction of sp³-hybridized carbons (Fsp3) is 0.429. The molecule has 1 fully saturated rings. The largest absolute Gasteiger partial charge is 0.348 e. The zero-order valence-electron chi connectivity index (χ0n) is 11.5. The highest BCUT2D eigenvalue weighted by Gasteiger charge is 2.33. The summed E-state index contributed by atoms with van der Waals surface area (Å²) < 4.78 is 14.2. The monoisotopic (exact) mass is 279 g/mol. The van der Waals surface area contributed by atoms with Gasteiger partial charge < -0.3 is 10.6 Å². The standard InChI is InChI=1S/C14H18FN3O2/c1-3-11-14(20)17-13(19)7-18(11)12-5-4-9(8(2)16)6-10(12)15/h4-6,8,11H,3,7,16H2,1-2H3,(H,17,19,20)/t8-,11?/m1/s1. The Balaban J connectivity index is 2.38. The first-order valence-corrected chi connectivity index (χ1v) is 6.59. The SMILES string of the molecule is CCC1C(=O)NC(=O)CN1c1ccc([C@@H](C)N)cc1F. The number of amides is 2. The van der Waals surface area contributed by atoms with Gasteiger partial charge in [0, 0.05) is 6.04 Å². The maximum atomic E-state index is 14.2. The van der Waals surface area contributed by atoms with Crippen molar-refractivity contribution in [3.63, 3.8) is 0 Å². The Labute approximate surface area is 116 Å². The van der Waals surface area contributed by atoms with Crippen LogP contribution in [0.4, 0.5) is 10.1 Å². The predicted octanol–water partition coefficient (Wildman–Crippen LogP) is 1.09. The first kappa shape index (κ1) is 14.5. The van der Waals surface area contributed by atoms with Crippen molar-refractivity contribution >= 4 is 17.5 Å². The van der Waals surface area contributed by atoms with Crippen molar-refractivity contribution in [1.29, 1.82) is 0 Å². The Morgan fingerprint density at radius 3 is 2.75 bits per heavy atom. The summed E-state index contributed by atoms with van der Waals surface area (Å²) in [5.41, 5.74) is 6.64. The second-order valence-corrected chi connectivity index (χ2v) is 4.96. The van der Waals surface area contributed by atoms with Crippen LogP contribution < -0.4 is 16.0 Å². The van der Waals surface area contributed by atoms with Gasteiger partial charge in [0.15, 0.2) is 0 Å². The molecule has 1 heterocycles. The Bertz CT molecular complexity index is 545. The van der Waals surface area contributed by atoms with E-state index in [1.807, 2.05) is 6.92 Å². The number of carbonyl (C=O) groups is 2. The lowest BCUT2D eigenvalue weighted by Crippen LogP contribution is -2.58. The summed E-state index contributed by atoms with van der Waals surface area (Å²) in [5, 5.41) is 2.27. The molecular formula is C14H18FN3O2. The van der Waals surface area contributed by atoms with E-state index in [9.17, 15) is 14.0 Å². The second-order valence-electron chi connectivity index (χ2n) is 4.96. The molecule has 108 valence electrons. The van der Waals surface area contributed by atoms with Crippen LogP contribution in [0.15, 0.2) is 18.2 Å². The molecule has 1 aliphatic rings. The number of nitrogens with zero attached hydrogens (tertiary/aromatic N) is 1. The van der Waals surface area contributed by atoms with Gasteiger partial charge in [-0.05, 0) is 31.0 Å². The third kappa shape index (κ3) is 2.65. The zero-order chi connectivity index (χ0) is 14.9. The van der Waals surface area contributed by atoms with Crippen molar-refractivity contribution in [2.45, 2.75) is 32.4 Å².